The van der Waals surface area contributed by atoms with Gasteiger partial charge >= 0.3 is 0 Å². The Hall–Kier alpha value is -1.92. The molecule has 1 amide bonds. The molecule has 1 N–H and O–H groups in total. The molecule has 1 aliphatic carbocycles. The summed E-state index contributed by atoms with van der Waals surface area (Å²) in [4.78, 5) is 17.4. The van der Waals surface area contributed by atoms with Crippen LogP contribution in [0.5, 0.6) is 0 Å². The molecule has 0 bridgehead atoms. The van der Waals surface area contributed by atoms with Crippen LogP contribution in [0.2, 0.25) is 0 Å². The highest BCUT2D eigenvalue weighted by molar-refractivity contribution is 7.09. The molecule has 28 heavy (non-hydrogen) atoms. The van der Waals surface area contributed by atoms with Crippen molar-refractivity contribution in [1.29, 1.82) is 0 Å². The van der Waals surface area contributed by atoms with E-state index >= 15 is 0 Å². The Kier molecular flexibility index (Phi) is 7.45. The first-order chi connectivity index (χ1) is 13.6. The van der Waals surface area contributed by atoms with Crippen LogP contribution in [0.15, 0.2) is 23.1 Å². The summed E-state index contributed by atoms with van der Waals surface area (Å²) < 4.78 is 7.33. The lowest BCUT2D eigenvalue weighted by molar-refractivity contribution is 0.0948. The number of carbonyl (C=O) groups is 1. The van der Waals surface area contributed by atoms with E-state index in [2.05, 4.69) is 26.3 Å². The van der Waals surface area contributed by atoms with Crippen molar-refractivity contribution >= 4 is 17.2 Å². The predicted octanol–water partition coefficient (Wildman–Crippen LogP) is 4.89. The largest absolute Gasteiger partial charge is 0.385 e. The lowest BCUT2D eigenvalue weighted by Gasteiger charge is -2.15. The average Bonchev–Trinajstić information content (AvgIpc) is 3.27. The number of rotatable bonds is 9. The van der Waals surface area contributed by atoms with Gasteiger partial charge in [0, 0.05) is 37.9 Å². The third-order valence-electron chi connectivity index (χ3n) is 5.34. The molecule has 0 spiro atoms. The SMILES string of the molecule is COCCCNC(=O)c1cc(-c2csc(C)n2)n(CCC2=CCCCC2)c1C. The topological polar surface area (TPSA) is 56.1 Å². The van der Waals surface area contributed by atoms with E-state index in [4.69, 9.17) is 4.74 Å². The highest BCUT2D eigenvalue weighted by Gasteiger charge is 2.20. The fraction of sp³-hybridized carbons (Fsp3) is 0.545. The van der Waals surface area contributed by atoms with Crippen molar-refractivity contribution in [2.24, 2.45) is 0 Å². The summed E-state index contributed by atoms with van der Waals surface area (Å²) in [5.74, 6) is -0.0163. The van der Waals surface area contributed by atoms with Gasteiger partial charge in [0.25, 0.3) is 5.91 Å². The average molecular weight is 402 g/mol. The van der Waals surface area contributed by atoms with Crippen molar-refractivity contribution in [3.63, 3.8) is 0 Å². The number of ether oxygens (including phenoxy) is 1. The Balaban J connectivity index is 1.82. The first kappa shape index (κ1) is 20.8. The summed E-state index contributed by atoms with van der Waals surface area (Å²) >= 11 is 1.65. The zero-order valence-corrected chi connectivity index (χ0v) is 18.0. The Morgan fingerprint density at radius 1 is 1.36 bits per heavy atom. The van der Waals surface area contributed by atoms with Crippen LogP contribution in [0, 0.1) is 13.8 Å². The molecule has 2 aromatic rings. The summed E-state index contributed by atoms with van der Waals surface area (Å²) in [5.41, 5.74) is 5.31. The number of aryl methyl sites for hydroxylation is 1. The molecular formula is C22H31N3O2S. The van der Waals surface area contributed by atoms with Gasteiger partial charge in [0.2, 0.25) is 0 Å². The van der Waals surface area contributed by atoms with Gasteiger partial charge in [-0.15, -0.1) is 11.3 Å². The van der Waals surface area contributed by atoms with Crippen molar-refractivity contribution < 1.29 is 9.53 Å². The number of hydrogen-bond acceptors (Lipinski definition) is 4. The maximum absolute atomic E-state index is 12.7. The van der Waals surface area contributed by atoms with Gasteiger partial charge in [-0.2, -0.15) is 0 Å². The molecule has 1 aliphatic rings. The van der Waals surface area contributed by atoms with Crippen molar-refractivity contribution in [2.45, 2.75) is 58.9 Å². The number of allylic oxidation sites excluding steroid dienone is 2. The predicted molar refractivity (Wildman–Crippen MR) is 115 cm³/mol. The number of nitrogens with zero attached hydrogens (tertiary/aromatic N) is 2. The normalized spacial score (nSPS) is 14.2. The minimum atomic E-state index is -0.0163. The number of nitrogens with one attached hydrogen (secondary N) is 1. The minimum Gasteiger partial charge on any atom is -0.385 e. The van der Waals surface area contributed by atoms with Crippen LogP contribution < -0.4 is 5.32 Å². The smallest absolute Gasteiger partial charge is 0.253 e. The second-order valence-electron chi connectivity index (χ2n) is 7.39. The molecule has 3 rings (SSSR count). The maximum atomic E-state index is 12.7. The fourth-order valence-corrected chi connectivity index (χ4v) is 4.36. The van der Waals surface area contributed by atoms with E-state index in [-0.39, 0.29) is 5.91 Å². The van der Waals surface area contributed by atoms with Gasteiger partial charge in [-0.25, -0.2) is 4.98 Å². The van der Waals surface area contributed by atoms with E-state index in [9.17, 15) is 4.79 Å². The van der Waals surface area contributed by atoms with Crippen LogP contribution in [-0.4, -0.2) is 35.7 Å². The number of thiazole rings is 1. The Labute approximate surface area is 171 Å². The summed E-state index contributed by atoms with van der Waals surface area (Å²) in [6.07, 6.45) is 9.27. The summed E-state index contributed by atoms with van der Waals surface area (Å²) in [6.45, 7) is 6.22. The molecule has 0 aliphatic heterocycles. The van der Waals surface area contributed by atoms with Gasteiger partial charge < -0.3 is 14.6 Å². The molecule has 0 saturated heterocycles. The zero-order valence-electron chi connectivity index (χ0n) is 17.2. The van der Waals surface area contributed by atoms with Gasteiger partial charge in [-0.05, 0) is 58.4 Å². The molecule has 2 heterocycles. The second-order valence-corrected chi connectivity index (χ2v) is 8.45. The first-order valence-corrected chi connectivity index (χ1v) is 11.1. The summed E-state index contributed by atoms with van der Waals surface area (Å²) in [5, 5.41) is 6.14. The summed E-state index contributed by atoms with van der Waals surface area (Å²) in [7, 11) is 1.68. The first-order valence-electron chi connectivity index (χ1n) is 10.2. The Morgan fingerprint density at radius 2 is 2.21 bits per heavy atom. The minimum absolute atomic E-state index is 0.0163. The number of hydrogen-bond donors (Lipinski definition) is 1. The quantitative estimate of drug-likeness (QED) is 0.481. The number of amides is 1. The molecule has 0 saturated carbocycles. The zero-order chi connectivity index (χ0) is 19.9. The van der Waals surface area contributed by atoms with Crippen molar-refractivity contribution in [2.75, 3.05) is 20.3 Å². The van der Waals surface area contributed by atoms with Gasteiger partial charge in [0.15, 0.2) is 0 Å². The van der Waals surface area contributed by atoms with Crippen LogP contribution >= 0.6 is 11.3 Å². The van der Waals surface area contributed by atoms with Gasteiger partial charge in [-0.3, -0.25) is 4.79 Å². The highest BCUT2D eigenvalue weighted by atomic mass is 32.1. The van der Waals surface area contributed by atoms with Crippen LogP contribution in [0.1, 0.15) is 59.6 Å². The van der Waals surface area contributed by atoms with Gasteiger partial charge in [0.1, 0.15) is 0 Å². The fourth-order valence-electron chi connectivity index (χ4n) is 3.76. The molecule has 152 valence electrons. The van der Waals surface area contributed by atoms with Gasteiger partial charge in [-0.1, -0.05) is 11.6 Å². The molecule has 5 nitrogen and oxygen atoms in total. The standard InChI is InChI=1S/C22H31N3O2S/c1-16-19(22(26)23-11-7-13-27-3)14-21(20-15-28-17(2)24-20)25(16)12-10-18-8-5-4-6-9-18/h8,14-15H,4-7,9-13H2,1-3H3,(H,23,26). The lowest BCUT2D eigenvalue weighted by Crippen LogP contribution is -2.25. The molecule has 0 aromatic carbocycles. The van der Waals surface area contributed by atoms with Crippen LogP contribution in [0.3, 0.4) is 0 Å². The van der Waals surface area contributed by atoms with E-state index in [0.29, 0.717) is 13.2 Å². The number of methoxy groups -OCH3 is 1. The Bertz CT molecular complexity index is 835. The van der Waals surface area contributed by atoms with Crippen LogP contribution in [-0.2, 0) is 11.3 Å². The lowest BCUT2D eigenvalue weighted by atomic mass is 9.97. The summed E-state index contributed by atoms with van der Waals surface area (Å²) in [6, 6.07) is 2.00. The number of carbonyl (C=O) groups excluding carboxylic acids is 1. The van der Waals surface area contributed by atoms with E-state index < -0.39 is 0 Å². The molecule has 0 unspecified atom stereocenters. The monoisotopic (exact) mass is 401 g/mol. The van der Waals surface area contributed by atoms with Crippen molar-refractivity contribution in [3.05, 3.63) is 39.4 Å². The van der Waals surface area contributed by atoms with E-state index in [1.165, 1.54) is 25.7 Å². The third kappa shape index (κ3) is 5.11. The van der Waals surface area contributed by atoms with E-state index in [1.54, 1.807) is 24.0 Å². The van der Waals surface area contributed by atoms with Crippen molar-refractivity contribution in [3.8, 4) is 11.4 Å². The number of aromatic nitrogens is 2. The maximum Gasteiger partial charge on any atom is 0.253 e. The third-order valence-corrected chi connectivity index (χ3v) is 6.12. The second kappa shape index (κ2) is 10.0. The van der Waals surface area contributed by atoms with Gasteiger partial charge in [0.05, 0.1) is 22.0 Å². The van der Waals surface area contributed by atoms with Crippen LogP contribution in [0.25, 0.3) is 11.4 Å². The molecule has 0 fully saturated rings. The van der Waals surface area contributed by atoms with Crippen LogP contribution in [0.4, 0.5) is 0 Å². The van der Waals surface area contributed by atoms with E-state index in [0.717, 1.165) is 47.0 Å². The molecular weight excluding hydrogens is 370 g/mol. The molecule has 2 aromatic heterocycles. The Morgan fingerprint density at radius 3 is 2.89 bits per heavy atom. The van der Waals surface area contributed by atoms with Crippen molar-refractivity contribution in [1.82, 2.24) is 14.9 Å². The highest BCUT2D eigenvalue weighted by Crippen LogP contribution is 2.29. The molecule has 0 atom stereocenters. The van der Waals surface area contributed by atoms with E-state index in [1.807, 2.05) is 19.9 Å². The molecule has 0 radical (unpaired) electrons. The molecule has 6 heteroatoms.